The van der Waals surface area contributed by atoms with E-state index in [1.54, 1.807) is 0 Å². The maximum absolute atomic E-state index is 12.1. The summed E-state index contributed by atoms with van der Waals surface area (Å²) in [5, 5.41) is 47.6. The predicted octanol–water partition coefficient (Wildman–Crippen LogP) is 0.536. The molecule has 23 heavy (non-hydrogen) atoms. The summed E-state index contributed by atoms with van der Waals surface area (Å²) in [7, 11) is 0. The molecule has 0 saturated carbocycles. The van der Waals surface area contributed by atoms with Crippen LogP contribution in [0.25, 0.3) is 22.3 Å². The van der Waals surface area contributed by atoms with Gasteiger partial charge in [0.25, 0.3) is 0 Å². The molecule has 3 aromatic rings. The third-order valence-electron chi connectivity index (χ3n) is 3.17. The first-order valence-corrected chi connectivity index (χ1v) is 6.12. The van der Waals surface area contributed by atoms with Crippen molar-refractivity contribution in [2.45, 2.75) is 0 Å². The topological polar surface area (TPSA) is 131 Å². The standard InChI is InChI=1S/C15H10O7.GeH4/c16-7-4-10(19)12-11(5-7)22-15(14(21)13(12)20)6-1-2-8(17)9(18)3-6;/h1-5,16-19,21H;1H4. The predicted molar refractivity (Wildman–Crippen MR) is 87.6 cm³/mol. The van der Waals surface area contributed by atoms with E-state index < -0.39 is 22.7 Å². The van der Waals surface area contributed by atoms with Gasteiger partial charge in [0.2, 0.25) is 11.2 Å². The molecule has 0 bridgehead atoms. The van der Waals surface area contributed by atoms with Crippen LogP contribution in [0.5, 0.6) is 28.7 Å². The molecule has 0 unspecified atom stereocenters. The zero-order valence-electron chi connectivity index (χ0n) is 10.9. The summed E-state index contributed by atoms with van der Waals surface area (Å²) in [6.45, 7) is 0. The van der Waals surface area contributed by atoms with E-state index in [0.29, 0.717) is 0 Å². The van der Waals surface area contributed by atoms with Gasteiger partial charge in [-0.3, -0.25) is 4.79 Å². The third-order valence-corrected chi connectivity index (χ3v) is 3.17. The van der Waals surface area contributed by atoms with Crippen molar-refractivity contribution in [3.8, 4) is 40.1 Å². The number of hydrogen-bond acceptors (Lipinski definition) is 7. The van der Waals surface area contributed by atoms with E-state index in [0.717, 1.165) is 24.3 Å². The Labute approximate surface area is 139 Å². The maximum atomic E-state index is 12.1. The molecule has 7 nitrogen and oxygen atoms in total. The number of rotatable bonds is 1. The van der Waals surface area contributed by atoms with Crippen LogP contribution in [0.3, 0.4) is 0 Å². The summed E-state index contributed by atoms with van der Waals surface area (Å²) < 4.78 is 5.35. The fourth-order valence-electron chi connectivity index (χ4n) is 2.14. The number of phenols is 4. The van der Waals surface area contributed by atoms with Gasteiger partial charge in [0.1, 0.15) is 22.5 Å². The molecule has 0 amide bonds. The monoisotopic (exact) mass is 380 g/mol. The molecule has 3 rings (SSSR count). The molecule has 0 aliphatic heterocycles. The van der Waals surface area contributed by atoms with E-state index in [1.807, 2.05) is 0 Å². The summed E-state index contributed by atoms with van der Waals surface area (Å²) in [6.07, 6.45) is 0. The van der Waals surface area contributed by atoms with E-state index in [-0.39, 0.29) is 51.4 Å². The molecule has 5 N–H and O–H groups in total. The van der Waals surface area contributed by atoms with Gasteiger partial charge in [0.05, 0.1) is 0 Å². The Morgan fingerprint density at radius 3 is 2.17 bits per heavy atom. The van der Waals surface area contributed by atoms with Gasteiger partial charge in [-0.25, -0.2) is 0 Å². The fraction of sp³-hybridized carbons (Fsp3) is 0. The van der Waals surface area contributed by atoms with E-state index in [4.69, 9.17) is 4.42 Å². The summed E-state index contributed by atoms with van der Waals surface area (Å²) in [4.78, 5) is 12.1. The van der Waals surface area contributed by atoms with Crippen molar-refractivity contribution in [2.24, 2.45) is 0 Å². The van der Waals surface area contributed by atoms with E-state index in [9.17, 15) is 30.3 Å². The molecule has 8 heteroatoms. The van der Waals surface area contributed by atoms with Crippen molar-refractivity contribution in [2.75, 3.05) is 0 Å². The summed E-state index contributed by atoms with van der Waals surface area (Å²) >= 11 is 0. The van der Waals surface area contributed by atoms with Crippen molar-refractivity contribution < 1.29 is 29.9 Å². The number of aromatic hydroxyl groups is 5. The van der Waals surface area contributed by atoms with E-state index in [1.165, 1.54) is 6.07 Å². The summed E-state index contributed by atoms with van der Waals surface area (Å²) in [5.74, 6) is -2.71. The molecular weight excluding hydrogens is 365 g/mol. The third kappa shape index (κ3) is 2.66. The molecule has 0 aliphatic carbocycles. The van der Waals surface area contributed by atoms with Gasteiger partial charge in [-0.2, -0.15) is 0 Å². The van der Waals surface area contributed by atoms with Gasteiger partial charge in [0, 0.05) is 17.7 Å². The Bertz CT molecular complexity index is 962. The number of hydrogen-bond donors (Lipinski definition) is 5. The molecule has 0 saturated heterocycles. The second kappa shape index (κ2) is 5.77. The Hall–Kier alpha value is -2.81. The zero-order chi connectivity index (χ0) is 16.0. The Morgan fingerprint density at radius 2 is 1.52 bits per heavy atom. The van der Waals surface area contributed by atoms with Crippen molar-refractivity contribution in [3.63, 3.8) is 0 Å². The van der Waals surface area contributed by atoms with Crippen LogP contribution >= 0.6 is 0 Å². The molecule has 0 atom stereocenters. The average Bonchev–Trinajstić information content (AvgIpc) is 2.45. The SMILES string of the molecule is O=c1c(O)c(-c2ccc(O)c(O)c2)oc2cc(O)cc(O)c12.[GeH4]. The van der Waals surface area contributed by atoms with Gasteiger partial charge in [0.15, 0.2) is 17.3 Å². The molecule has 0 radical (unpaired) electrons. The van der Waals surface area contributed by atoms with E-state index in [2.05, 4.69) is 0 Å². The first-order chi connectivity index (χ1) is 10.4. The Morgan fingerprint density at radius 1 is 0.826 bits per heavy atom. The van der Waals surface area contributed by atoms with Gasteiger partial charge in [-0.05, 0) is 18.2 Å². The molecule has 1 heterocycles. The zero-order valence-corrected chi connectivity index (χ0v) is 10.9. The van der Waals surface area contributed by atoms with Crippen LogP contribution < -0.4 is 5.43 Å². The van der Waals surface area contributed by atoms with Crippen molar-refractivity contribution in [3.05, 3.63) is 40.6 Å². The molecule has 0 spiro atoms. The van der Waals surface area contributed by atoms with Crippen molar-refractivity contribution >= 4 is 28.6 Å². The van der Waals surface area contributed by atoms with Gasteiger partial charge >= 0.3 is 17.6 Å². The quantitative estimate of drug-likeness (QED) is 0.308. The van der Waals surface area contributed by atoms with Gasteiger partial charge in [-0.15, -0.1) is 0 Å². The molecule has 120 valence electrons. The minimum absolute atomic E-state index is 0. The second-order valence-electron chi connectivity index (χ2n) is 4.65. The van der Waals surface area contributed by atoms with Crippen LogP contribution in [-0.2, 0) is 0 Å². The summed E-state index contributed by atoms with van der Waals surface area (Å²) in [5.41, 5.74) is -0.890. The van der Waals surface area contributed by atoms with Crippen molar-refractivity contribution in [1.29, 1.82) is 0 Å². The fourth-order valence-corrected chi connectivity index (χ4v) is 2.14. The first-order valence-electron chi connectivity index (χ1n) is 6.12. The first kappa shape index (κ1) is 16.6. The van der Waals surface area contributed by atoms with Crippen LogP contribution in [0.1, 0.15) is 0 Å². The molecule has 2 aromatic carbocycles. The normalized spacial score (nSPS) is 10.4. The second-order valence-corrected chi connectivity index (χ2v) is 4.65. The van der Waals surface area contributed by atoms with Crippen LogP contribution in [0, 0.1) is 0 Å². The Kier molecular flexibility index (Phi) is 4.15. The Balaban J connectivity index is 0.00000192. The van der Waals surface area contributed by atoms with Crippen LogP contribution in [-0.4, -0.2) is 43.1 Å². The minimum atomic E-state index is -0.888. The van der Waals surface area contributed by atoms with Crippen LogP contribution in [0.15, 0.2) is 39.5 Å². The molecular formula is C15H14GeO7. The van der Waals surface area contributed by atoms with Gasteiger partial charge in [-0.1, -0.05) is 0 Å². The molecule has 0 aliphatic rings. The van der Waals surface area contributed by atoms with Crippen LogP contribution in [0.2, 0.25) is 0 Å². The number of fused-ring (bicyclic) bond motifs is 1. The number of benzene rings is 2. The summed E-state index contributed by atoms with van der Waals surface area (Å²) in [6, 6.07) is 5.64. The van der Waals surface area contributed by atoms with Gasteiger partial charge < -0.3 is 29.9 Å². The van der Waals surface area contributed by atoms with Crippen LogP contribution in [0.4, 0.5) is 0 Å². The average molecular weight is 379 g/mol. The van der Waals surface area contributed by atoms with Crippen molar-refractivity contribution in [1.82, 2.24) is 0 Å². The molecule has 0 fully saturated rings. The molecule has 1 aromatic heterocycles. The van der Waals surface area contributed by atoms with E-state index >= 15 is 0 Å². The number of phenolic OH excluding ortho intramolecular Hbond substituents is 4.